The average molecular weight is 569 g/mol. The number of halogens is 1. The molecule has 1 aromatic heterocycles. The Kier molecular flexibility index (Phi) is 7.54. The van der Waals surface area contributed by atoms with Gasteiger partial charge in [-0.1, -0.05) is 0 Å². The third-order valence-corrected chi connectivity index (χ3v) is 7.83. The van der Waals surface area contributed by atoms with Crippen LogP contribution < -0.4 is 14.4 Å². The van der Waals surface area contributed by atoms with Crippen LogP contribution in [-0.4, -0.2) is 54.0 Å². The van der Waals surface area contributed by atoms with Gasteiger partial charge < -0.3 is 23.9 Å². The normalized spacial score (nSPS) is 17.4. The van der Waals surface area contributed by atoms with Crippen molar-refractivity contribution in [2.24, 2.45) is 0 Å². The lowest BCUT2D eigenvalue weighted by atomic mass is 10.0. The molecule has 2 atom stereocenters. The highest BCUT2D eigenvalue weighted by Crippen LogP contribution is 2.42. The summed E-state index contributed by atoms with van der Waals surface area (Å²) in [5.74, 6) is 0.589. The molecular formula is C29H29FN2O7S. The number of sulfonamides is 1. The summed E-state index contributed by atoms with van der Waals surface area (Å²) >= 11 is 0. The van der Waals surface area contributed by atoms with Crippen LogP contribution in [0.3, 0.4) is 0 Å². The van der Waals surface area contributed by atoms with Crippen LogP contribution in [0.1, 0.15) is 28.9 Å². The molecule has 11 heteroatoms. The molecule has 1 N–H and O–H groups in total. The van der Waals surface area contributed by atoms with E-state index < -0.39 is 22.2 Å². The first-order valence-corrected chi connectivity index (χ1v) is 14.4. The molecule has 0 unspecified atom stereocenters. The molecule has 4 aromatic rings. The van der Waals surface area contributed by atoms with Gasteiger partial charge in [0.1, 0.15) is 34.8 Å². The molecule has 1 aliphatic rings. The highest BCUT2D eigenvalue weighted by Gasteiger charge is 2.33. The molecule has 0 radical (unpaired) electrons. The number of amides is 1. The molecule has 1 amide bonds. The zero-order chi connectivity index (χ0) is 28.6. The number of carbonyl (C=O) groups is 1. The second-order valence-corrected chi connectivity index (χ2v) is 11.4. The minimum absolute atomic E-state index is 0.0703. The van der Waals surface area contributed by atoms with Gasteiger partial charge in [0.2, 0.25) is 10.0 Å². The molecule has 210 valence electrons. The number of ether oxygens (including phenoxy) is 3. The van der Waals surface area contributed by atoms with E-state index in [-0.39, 0.29) is 24.9 Å². The van der Waals surface area contributed by atoms with Crippen molar-refractivity contribution in [1.29, 1.82) is 0 Å². The van der Waals surface area contributed by atoms with Crippen molar-refractivity contribution < 1.29 is 36.2 Å². The van der Waals surface area contributed by atoms with Gasteiger partial charge in [0.15, 0.2) is 0 Å². The summed E-state index contributed by atoms with van der Waals surface area (Å²) in [6.07, 6.45) is 0.169. The van der Waals surface area contributed by atoms with Crippen molar-refractivity contribution in [2.45, 2.75) is 19.1 Å². The Labute approximate surface area is 231 Å². The van der Waals surface area contributed by atoms with Crippen LogP contribution >= 0.6 is 0 Å². The molecule has 2 heterocycles. The molecule has 0 fully saturated rings. The smallest absolute Gasteiger partial charge is 0.255 e. The fourth-order valence-electron chi connectivity index (χ4n) is 4.84. The standard InChI is InChI=1S/C29H29FN2O7S/c1-17-23-13-24-26(14-25(23)32(40(4,34)35)15-22(37-17)16-36-3)39-28(27(24)29(33)31-2)18-5-9-20(10-6-18)38-21-11-7-19(30)8-12-21/h5-14,17,22H,15-16H2,1-4H3,(H,31,33)/t17-,22-/m0/s1. The van der Waals surface area contributed by atoms with Crippen LogP contribution in [0.25, 0.3) is 22.3 Å². The molecule has 3 aromatic carbocycles. The van der Waals surface area contributed by atoms with E-state index in [1.165, 1.54) is 42.7 Å². The highest BCUT2D eigenvalue weighted by molar-refractivity contribution is 7.92. The molecule has 5 rings (SSSR count). The van der Waals surface area contributed by atoms with E-state index in [9.17, 15) is 17.6 Å². The van der Waals surface area contributed by atoms with Crippen molar-refractivity contribution in [2.75, 3.05) is 37.9 Å². The van der Waals surface area contributed by atoms with E-state index in [1.54, 1.807) is 36.4 Å². The van der Waals surface area contributed by atoms with Gasteiger partial charge in [-0.3, -0.25) is 9.10 Å². The summed E-state index contributed by atoms with van der Waals surface area (Å²) in [6, 6.07) is 16.0. The second kappa shape index (κ2) is 10.9. The summed E-state index contributed by atoms with van der Waals surface area (Å²) in [5.41, 5.74) is 2.30. The van der Waals surface area contributed by atoms with E-state index in [4.69, 9.17) is 18.6 Å². The summed E-state index contributed by atoms with van der Waals surface area (Å²) < 4.78 is 63.5. The first-order valence-electron chi connectivity index (χ1n) is 12.6. The molecule has 0 saturated heterocycles. The number of hydrogen-bond donors (Lipinski definition) is 1. The summed E-state index contributed by atoms with van der Waals surface area (Å²) in [6.45, 7) is 2.12. The zero-order valence-corrected chi connectivity index (χ0v) is 23.3. The van der Waals surface area contributed by atoms with Crippen molar-refractivity contribution in [3.05, 3.63) is 77.6 Å². The van der Waals surface area contributed by atoms with Crippen LogP contribution in [0.5, 0.6) is 11.5 Å². The third-order valence-electron chi connectivity index (χ3n) is 6.68. The lowest BCUT2D eigenvalue weighted by Gasteiger charge is -2.24. The Morgan fingerprint density at radius 2 is 1.75 bits per heavy atom. The monoisotopic (exact) mass is 568 g/mol. The molecule has 9 nitrogen and oxygen atoms in total. The maximum Gasteiger partial charge on any atom is 0.255 e. The number of nitrogens with one attached hydrogen (secondary N) is 1. The van der Waals surface area contributed by atoms with E-state index in [0.29, 0.717) is 50.6 Å². The van der Waals surface area contributed by atoms with Gasteiger partial charge >= 0.3 is 0 Å². The Hall–Kier alpha value is -3.93. The van der Waals surface area contributed by atoms with Crippen LogP contribution in [0.4, 0.5) is 10.1 Å². The summed E-state index contributed by atoms with van der Waals surface area (Å²) in [5, 5.41) is 3.19. The van der Waals surface area contributed by atoms with Crippen LogP contribution in [-0.2, 0) is 19.5 Å². The van der Waals surface area contributed by atoms with Gasteiger partial charge in [0.05, 0.1) is 36.8 Å². The number of nitrogens with zero attached hydrogens (tertiary/aromatic N) is 1. The van der Waals surface area contributed by atoms with Crippen LogP contribution in [0, 0.1) is 5.82 Å². The lowest BCUT2D eigenvalue weighted by Crippen LogP contribution is -2.38. The first-order chi connectivity index (χ1) is 19.1. The zero-order valence-electron chi connectivity index (χ0n) is 22.4. The van der Waals surface area contributed by atoms with Crippen molar-refractivity contribution in [3.63, 3.8) is 0 Å². The van der Waals surface area contributed by atoms with Crippen molar-refractivity contribution >= 4 is 32.6 Å². The number of rotatable bonds is 7. The summed E-state index contributed by atoms with van der Waals surface area (Å²) in [7, 11) is -0.615. The van der Waals surface area contributed by atoms with Gasteiger partial charge in [-0.05, 0) is 61.5 Å². The average Bonchev–Trinajstić information content (AvgIpc) is 3.23. The number of anilines is 1. The fraction of sp³-hybridized carbons (Fsp3) is 0.276. The number of methoxy groups -OCH3 is 1. The molecule has 0 saturated carbocycles. The number of carbonyl (C=O) groups excluding carboxylic acids is 1. The minimum atomic E-state index is -3.67. The molecule has 0 bridgehead atoms. The predicted molar refractivity (Wildman–Crippen MR) is 149 cm³/mol. The van der Waals surface area contributed by atoms with E-state index in [2.05, 4.69) is 5.32 Å². The fourth-order valence-corrected chi connectivity index (χ4v) is 5.79. The first kappa shape index (κ1) is 27.6. The van der Waals surface area contributed by atoms with E-state index >= 15 is 0 Å². The molecule has 0 spiro atoms. The maximum atomic E-state index is 13.2. The van der Waals surface area contributed by atoms with Gasteiger partial charge in [0, 0.05) is 36.7 Å². The predicted octanol–water partition coefficient (Wildman–Crippen LogP) is 5.26. The molecular weight excluding hydrogens is 539 g/mol. The van der Waals surface area contributed by atoms with Crippen LogP contribution in [0.15, 0.2) is 65.1 Å². The van der Waals surface area contributed by atoms with Crippen LogP contribution in [0.2, 0.25) is 0 Å². The number of hydrogen-bond acceptors (Lipinski definition) is 7. The lowest BCUT2D eigenvalue weighted by molar-refractivity contribution is -0.0331. The van der Waals surface area contributed by atoms with E-state index in [1.807, 2.05) is 6.92 Å². The largest absolute Gasteiger partial charge is 0.457 e. The van der Waals surface area contributed by atoms with Gasteiger partial charge in [-0.2, -0.15) is 0 Å². The Morgan fingerprint density at radius 3 is 2.35 bits per heavy atom. The Morgan fingerprint density at radius 1 is 1.10 bits per heavy atom. The second-order valence-electron chi connectivity index (χ2n) is 9.52. The molecule has 1 aliphatic heterocycles. The van der Waals surface area contributed by atoms with Crippen molar-refractivity contribution in [3.8, 4) is 22.8 Å². The van der Waals surface area contributed by atoms with Crippen molar-refractivity contribution in [1.82, 2.24) is 5.32 Å². The highest BCUT2D eigenvalue weighted by atomic mass is 32.2. The quantitative estimate of drug-likeness (QED) is 0.324. The maximum absolute atomic E-state index is 13.2. The van der Waals surface area contributed by atoms with Gasteiger partial charge in [0.25, 0.3) is 5.91 Å². The SMILES string of the molecule is CNC(=O)c1c(-c2ccc(Oc3ccc(F)cc3)cc2)oc2cc3c(cc12)[C@H](C)O[C@H](COC)CN3S(C)(=O)=O. The third kappa shape index (κ3) is 5.40. The van der Waals surface area contributed by atoms with Gasteiger partial charge in [-0.15, -0.1) is 0 Å². The minimum Gasteiger partial charge on any atom is -0.457 e. The summed E-state index contributed by atoms with van der Waals surface area (Å²) in [4.78, 5) is 13.1. The van der Waals surface area contributed by atoms with E-state index in [0.717, 1.165) is 6.26 Å². The number of benzene rings is 3. The topological polar surface area (TPSA) is 107 Å². The Bertz CT molecular complexity index is 1650. The number of furan rings is 1. The van der Waals surface area contributed by atoms with Gasteiger partial charge in [-0.25, -0.2) is 12.8 Å². The molecule has 0 aliphatic carbocycles. The Balaban J connectivity index is 1.60. The molecule has 40 heavy (non-hydrogen) atoms. The number of fused-ring (bicyclic) bond motifs is 2.